The third-order valence-corrected chi connectivity index (χ3v) is 9.69. The van der Waals surface area contributed by atoms with Crippen molar-refractivity contribution < 1.29 is 4.42 Å². The van der Waals surface area contributed by atoms with Gasteiger partial charge in [0.1, 0.15) is 11.2 Å². The highest BCUT2D eigenvalue weighted by molar-refractivity contribution is 6.12. The quantitative estimate of drug-likeness (QED) is 0.186. The van der Waals surface area contributed by atoms with Crippen LogP contribution in [-0.4, -0.2) is 15.0 Å². The molecular formula is C47H29N3O. The van der Waals surface area contributed by atoms with Gasteiger partial charge in [-0.25, -0.2) is 15.0 Å². The number of hydrogen-bond donors (Lipinski definition) is 0. The van der Waals surface area contributed by atoms with Crippen molar-refractivity contribution in [1.82, 2.24) is 15.0 Å². The zero-order valence-corrected chi connectivity index (χ0v) is 27.5. The summed E-state index contributed by atoms with van der Waals surface area (Å²) in [7, 11) is 0. The van der Waals surface area contributed by atoms with Crippen LogP contribution in [0.15, 0.2) is 180 Å². The molecule has 0 spiro atoms. The summed E-state index contributed by atoms with van der Waals surface area (Å²) in [6, 6.07) is 61.1. The van der Waals surface area contributed by atoms with Crippen molar-refractivity contribution in [2.75, 3.05) is 0 Å². The number of aromatic nitrogens is 3. The van der Waals surface area contributed by atoms with E-state index in [0.29, 0.717) is 17.5 Å². The minimum atomic E-state index is 0.595. The van der Waals surface area contributed by atoms with Gasteiger partial charge in [0.15, 0.2) is 17.5 Å². The van der Waals surface area contributed by atoms with Crippen LogP contribution in [0.1, 0.15) is 0 Å². The molecule has 0 aliphatic heterocycles. The number of rotatable bonds is 5. The lowest BCUT2D eigenvalue weighted by Gasteiger charge is -2.13. The van der Waals surface area contributed by atoms with E-state index >= 15 is 0 Å². The van der Waals surface area contributed by atoms with Gasteiger partial charge in [-0.15, -0.1) is 0 Å². The first kappa shape index (κ1) is 29.0. The summed E-state index contributed by atoms with van der Waals surface area (Å²) < 4.78 is 6.50. The molecule has 0 saturated carbocycles. The Morgan fingerprint density at radius 2 is 0.961 bits per heavy atom. The van der Waals surface area contributed by atoms with Gasteiger partial charge in [0, 0.05) is 27.5 Å². The predicted molar refractivity (Wildman–Crippen MR) is 209 cm³/mol. The van der Waals surface area contributed by atoms with Gasteiger partial charge in [0.25, 0.3) is 0 Å². The number of furan rings is 1. The molecule has 2 heterocycles. The molecule has 0 amide bonds. The maximum absolute atomic E-state index is 6.50. The van der Waals surface area contributed by atoms with Gasteiger partial charge < -0.3 is 4.42 Å². The van der Waals surface area contributed by atoms with Gasteiger partial charge >= 0.3 is 0 Å². The van der Waals surface area contributed by atoms with Crippen molar-refractivity contribution in [2.45, 2.75) is 0 Å². The highest BCUT2D eigenvalue weighted by Crippen LogP contribution is 2.39. The molecule has 2 aromatic heterocycles. The first-order valence-corrected chi connectivity index (χ1v) is 17.1. The maximum atomic E-state index is 6.50. The molecule has 0 unspecified atom stereocenters. The van der Waals surface area contributed by atoms with E-state index in [2.05, 4.69) is 152 Å². The average Bonchev–Trinajstić information content (AvgIpc) is 3.59. The second-order valence-electron chi connectivity index (χ2n) is 12.8. The van der Waals surface area contributed by atoms with Crippen molar-refractivity contribution in [3.05, 3.63) is 176 Å². The second kappa shape index (κ2) is 11.9. The minimum Gasteiger partial charge on any atom is -0.456 e. The third kappa shape index (κ3) is 5.13. The normalized spacial score (nSPS) is 11.5. The van der Waals surface area contributed by atoms with Crippen LogP contribution in [0.2, 0.25) is 0 Å². The zero-order chi connectivity index (χ0) is 33.7. The molecule has 0 N–H and O–H groups in total. The van der Waals surface area contributed by atoms with E-state index in [1.807, 2.05) is 24.3 Å². The van der Waals surface area contributed by atoms with Crippen LogP contribution in [0.25, 0.3) is 99.9 Å². The molecule has 0 aliphatic rings. The monoisotopic (exact) mass is 651 g/mol. The standard InChI is InChI=1S/C47H29N3O/c1-3-12-30(13-4-1)34-24-25-39-43(29-34)51-42-21-11-20-40(44(39)42)47-49-45(36-23-22-31-14-7-8-17-33(31)26-36)48-46(50-47)37-27-35-18-9-10-19-38(35)41(28-37)32-15-5-2-6-16-32/h1-29H. The molecule has 4 nitrogen and oxygen atoms in total. The Kier molecular flexibility index (Phi) is 6.78. The molecule has 0 atom stereocenters. The van der Waals surface area contributed by atoms with Gasteiger partial charge in [0.05, 0.1) is 0 Å². The van der Waals surface area contributed by atoms with E-state index in [0.717, 1.165) is 71.7 Å². The molecule has 51 heavy (non-hydrogen) atoms. The topological polar surface area (TPSA) is 51.8 Å². The lowest BCUT2D eigenvalue weighted by Crippen LogP contribution is -2.01. The van der Waals surface area contributed by atoms with E-state index in [4.69, 9.17) is 19.4 Å². The van der Waals surface area contributed by atoms with Crippen molar-refractivity contribution in [3.63, 3.8) is 0 Å². The number of nitrogens with zero attached hydrogens (tertiary/aromatic N) is 3. The van der Waals surface area contributed by atoms with Crippen LogP contribution in [0.4, 0.5) is 0 Å². The molecule has 4 heteroatoms. The first-order chi connectivity index (χ1) is 25.2. The molecule has 0 radical (unpaired) electrons. The molecule has 0 fully saturated rings. The Morgan fingerprint density at radius 3 is 1.78 bits per heavy atom. The Hall–Kier alpha value is -6.91. The Morgan fingerprint density at radius 1 is 0.314 bits per heavy atom. The van der Waals surface area contributed by atoms with Crippen LogP contribution in [0.5, 0.6) is 0 Å². The summed E-state index contributed by atoms with van der Waals surface area (Å²) in [6.07, 6.45) is 0. The summed E-state index contributed by atoms with van der Waals surface area (Å²) in [5.41, 5.74) is 8.90. The predicted octanol–water partition coefficient (Wildman–Crippen LogP) is 12.4. The second-order valence-corrected chi connectivity index (χ2v) is 12.8. The van der Waals surface area contributed by atoms with Gasteiger partial charge in [0.2, 0.25) is 0 Å². The van der Waals surface area contributed by atoms with E-state index in [-0.39, 0.29) is 0 Å². The minimum absolute atomic E-state index is 0.595. The molecule has 0 saturated heterocycles. The van der Waals surface area contributed by atoms with Crippen molar-refractivity contribution >= 4 is 43.5 Å². The molecule has 238 valence electrons. The van der Waals surface area contributed by atoms with Crippen molar-refractivity contribution in [1.29, 1.82) is 0 Å². The van der Waals surface area contributed by atoms with Gasteiger partial charge in [-0.2, -0.15) is 0 Å². The van der Waals surface area contributed by atoms with Crippen molar-refractivity contribution in [2.24, 2.45) is 0 Å². The highest BCUT2D eigenvalue weighted by atomic mass is 16.3. The molecular weight excluding hydrogens is 623 g/mol. The van der Waals surface area contributed by atoms with Crippen LogP contribution < -0.4 is 0 Å². The summed E-state index contributed by atoms with van der Waals surface area (Å²) in [5.74, 6) is 1.83. The largest absolute Gasteiger partial charge is 0.456 e. The summed E-state index contributed by atoms with van der Waals surface area (Å²) >= 11 is 0. The van der Waals surface area contributed by atoms with Crippen LogP contribution in [-0.2, 0) is 0 Å². The fourth-order valence-corrected chi connectivity index (χ4v) is 7.20. The summed E-state index contributed by atoms with van der Waals surface area (Å²) in [5, 5.41) is 6.61. The SMILES string of the molecule is c1ccc(-c2ccc3c(c2)oc2cccc(-c4nc(-c5ccc6ccccc6c5)nc(-c5cc(-c6ccccc6)c6ccccc6c5)n4)c23)cc1. The fraction of sp³-hybridized carbons (Fsp3) is 0. The van der Waals surface area contributed by atoms with Gasteiger partial charge in [-0.05, 0) is 80.2 Å². The Balaban J connectivity index is 1.22. The Bertz CT molecular complexity index is 2910. The van der Waals surface area contributed by atoms with Crippen molar-refractivity contribution in [3.8, 4) is 56.4 Å². The van der Waals surface area contributed by atoms with E-state index in [1.54, 1.807) is 0 Å². The fourth-order valence-electron chi connectivity index (χ4n) is 7.20. The molecule has 0 aliphatic carbocycles. The molecule has 10 aromatic rings. The number of fused-ring (bicyclic) bond motifs is 5. The zero-order valence-electron chi connectivity index (χ0n) is 27.5. The van der Waals surface area contributed by atoms with E-state index in [9.17, 15) is 0 Å². The average molecular weight is 652 g/mol. The maximum Gasteiger partial charge on any atom is 0.164 e. The molecule has 10 rings (SSSR count). The van der Waals surface area contributed by atoms with Gasteiger partial charge in [-0.1, -0.05) is 140 Å². The highest BCUT2D eigenvalue weighted by Gasteiger charge is 2.19. The number of hydrogen-bond acceptors (Lipinski definition) is 4. The summed E-state index contributed by atoms with van der Waals surface area (Å²) in [4.78, 5) is 15.6. The number of benzene rings is 8. The van der Waals surface area contributed by atoms with Crippen LogP contribution >= 0.6 is 0 Å². The van der Waals surface area contributed by atoms with Crippen LogP contribution in [0, 0.1) is 0 Å². The summed E-state index contributed by atoms with van der Waals surface area (Å²) in [6.45, 7) is 0. The lowest BCUT2D eigenvalue weighted by atomic mass is 9.95. The lowest BCUT2D eigenvalue weighted by molar-refractivity contribution is 0.669. The molecule has 0 bridgehead atoms. The smallest absolute Gasteiger partial charge is 0.164 e. The Labute approximate surface area is 294 Å². The third-order valence-electron chi connectivity index (χ3n) is 9.69. The van der Waals surface area contributed by atoms with E-state index < -0.39 is 0 Å². The first-order valence-electron chi connectivity index (χ1n) is 17.1. The van der Waals surface area contributed by atoms with Gasteiger partial charge in [-0.3, -0.25) is 0 Å². The van der Waals surface area contributed by atoms with Crippen LogP contribution in [0.3, 0.4) is 0 Å². The molecule has 8 aromatic carbocycles. The van der Waals surface area contributed by atoms with E-state index in [1.165, 1.54) is 10.8 Å².